The minimum atomic E-state index is -0.400. The molecule has 1 amide bonds. The summed E-state index contributed by atoms with van der Waals surface area (Å²) in [5.74, 6) is -0.400. The number of amides is 1. The third-order valence-electron chi connectivity index (χ3n) is 7.18. The maximum Gasteiger partial charge on any atom is 0.254 e. The number of carbonyl (C=O) groups is 1. The van der Waals surface area contributed by atoms with E-state index in [-0.39, 0.29) is 15.6 Å². The Morgan fingerprint density at radius 3 is 2.73 bits per heavy atom. The summed E-state index contributed by atoms with van der Waals surface area (Å²) in [4.78, 5) is 20.3. The van der Waals surface area contributed by atoms with Gasteiger partial charge in [-0.3, -0.25) is 14.7 Å². The normalized spacial score (nSPS) is 19.2. The molecule has 1 atom stereocenters. The number of halogens is 2. The van der Waals surface area contributed by atoms with Crippen molar-refractivity contribution in [2.45, 2.75) is 57.3 Å². The first kappa shape index (κ1) is 27.4. The van der Waals surface area contributed by atoms with Crippen molar-refractivity contribution in [1.82, 2.24) is 20.5 Å². The van der Waals surface area contributed by atoms with E-state index in [0.717, 1.165) is 57.1 Å². The summed E-state index contributed by atoms with van der Waals surface area (Å²) >= 11 is 12.3. The highest BCUT2D eigenvalue weighted by atomic mass is 35.5. The van der Waals surface area contributed by atoms with Crippen LogP contribution in [0.1, 0.15) is 54.1 Å². The lowest BCUT2D eigenvalue weighted by molar-refractivity contribution is -0.117. The van der Waals surface area contributed by atoms with E-state index in [9.17, 15) is 4.79 Å². The highest BCUT2D eigenvalue weighted by Gasteiger charge is 2.32. The van der Waals surface area contributed by atoms with E-state index in [1.54, 1.807) is 0 Å². The third kappa shape index (κ3) is 6.82. The zero-order valence-electron chi connectivity index (χ0n) is 21.1. The molecule has 2 aliphatic rings. The molecule has 1 unspecified atom stereocenters. The Bertz CT molecular complexity index is 1170. The summed E-state index contributed by atoms with van der Waals surface area (Å²) in [6.45, 7) is 6.88. The number of fused-ring (bicyclic) bond motifs is 1. The van der Waals surface area contributed by atoms with E-state index >= 15 is 0 Å². The number of allylic oxidation sites excluding steroid dienone is 2. The van der Waals surface area contributed by atoms with E-state index in [4.69, 9.17) is 33.9 Å². The Morgan fingerprint density at radius 2 is 1.97 bits per heavy atom. The number of aromatic nitrogens is 1. The van der Waals surface area contributed by atoms with E-state index in [1.807, 2.05) is 24.4 Å². The summed E-state index contributed by atoms with van der Waals surface area (Å²) in [6, 6.07) is 13.5. The fraction of sp³-hybridized carbons (Fsp3) is 0.379. The zero-order valence-corrected chi connectivity index (χ0v) is 22.6. The van der Waals surface area contributed by atoms with Crippen molar-refractivity contribution >= 4 is 29.1 Å². The lowest BCUT2D eigenvalue weighted by Gasteiger charge is -2.42. The van der Waals surface area contributed by atoms with Crippen LogP contribution in [0.4, 0.5) is 0 Å². The smallest absolute Gasteiger partial charge is 0.254 e. The van der Waals surface area contributed by atoms with Crippen LogP contribution in [-0.2, 0) is 24.3 Å². The molecule has 4 N–H and O–H groups in total. The molecule has 8 heteroatoms. The van der Waals surface area contributed by atoms with Crippen molar-refractivity contribution in [3.05, 3.63) is 99.5 Å². The van der Waals surface area contributed by atoms with Crippen LogP contribution in [-0.4, -0.2) is 34.9 Å². The highest BCUT2D eigenvalue weighted by Crippen LogP contribution is 2.36. The number of hydrogen-bond acceptors (Lipinski definition) is 5. The maximum atomic E-state index is 12.8. The molecular formula is C29H35Cl2N5O. The second-order valence-corrected chi connectivity index (χ2v) is 10.4. The Labute approximate surface area is 229 Å². The van der Waals surface area contributed by atoms with Crippen molar-refractivity contribution in [3.8, 4) is 0 Å². The topological polar surface area (TPSA) is 83.3 Å². The van der Waals surface area contributed by atoms with Gasteiger partial charge in [-0.2, -0.15) is 0 Å². The molecule has 0 spiro atoms. The molecule has 2 heterocycles. The number of nitrogens with zero attached hydrogens (tertiary/aromatic N) is 2. The number of rotatable bonds is 9. The predicted molar refractivity (Wildman–Crippen MR) is 151 cm³/mol. The van der Waals surface area contributed by atoms with Crippen LogP contribution in [0.25, 0.3) is 0 Å². The summed E-state index contributed by atoms with van der Waals surface area (Å²) in [7, 11) is 0. The molecule has 1 aromatic heterocycles. The highest BCUT2D eigenvalue weighted by molar-refractivity contribution is 6.40. The van der Waals surface area contributed by atoms with Gasteiger partial charge >= 0.3 is 0 Å². The second kappa shape index (κ2) is 13.2. The quantitative estimate of drug-likeness (QED) is 0.307. The standard InChI is InChI=1S/C29H35Cl2N5O/c1-2-24(30)27(25(31)17-32)29(37)35-18-20-6-3-7-21(16-20)19-36(23-11-14-33-15-12-23)26-10-4-8-22-9-5-13-34-28(22)26/h2-3,5-7,9,13,16-17,23,26,33H,1,4,8,10-12,14-15,18-19,32H2,(H,35,37)/b25-17+,27-24-. The first-order valence-electron chi connectivity index (χ1n) is 12.9. The molecule has 1 aromatic carbocycles. The molecule has 1 aliphatic heterocycles. The minimum absolute atomic E-state index is 0.0788. The number of aryl methyl sites for hydroxylation is 1. The fourth-order valence-corrected chi connectivity index (χ4v) is 5.80. The minimum Gasteiger partial charge on any atom is -0.403 e. The van der Waals surface area contributed by atoms with Crippen LogP contribution in [0.15, 0.2) is 77.1 Å². The van der Waals surface area contributed by atoms with Gasteiger partial charge in [-0.1, -0.05) is 60.1 Å². The number of hydrogen-bond donors (Lipinski definition) is 3. The Balaban J connectivity index is 1.53. The average molecular weight is 541 g/mol. The van der Waals surface area contributed by atoms with Crippen LogP contribution in [0.3, 0.4) is 0 Å². The molecule has 4 rings (SSSR count). The fourth-order valence-electron chi connectivity index (χ4n) is 5.38. The van der Waals surface area contributed by atoms with Crippen LogP contribution < -0.4 is 16.4 Å². The van der Waals surface area contributed by atoms with Crippen molar-refractivity contribution in [2.75, 3.05) is 13.1 Å². The summed E-state index contributed by atoms with van der Waals surface area (Å²) in [5.41, 5.74) is 10.5. The number of piperidine rings is 1. The zero-order chi connectivity index (χ0) is 26.2. The van der Waals surface area contributed by atoms with E-state index < -0.39 is 5.91 Å². The van der Waals surface area contributed by atoms with Crippen molar-refractivity contribution in [1.29, 1.82) is 0 Å². The first-order chi connectivity index (χ1) is 18.0. The Kier molecular flexibility index (Phi) is 9.81. The monoisotopic (exact) mass is 539 g/mol. The largest absolute Gasteiger partial charge is 0.403 e. The lowest BCUT2D eigenvalue weighted by Crippen LogP contribution is -2.45. The van der Waals surface area contributed by atoms with Crippen LogP contribution in [0, 0.1) is 0 Å². The molecule has 6 nitrogen and oxygen atoms in total. The molecule has 1 aliphatic carbocycles. The summed E-state index contributed by atoms with van der Waals surface area (Å²) in [5, 5.41) is 6.64. The van der Waals surface area contributed by atoms with Gasteiger partial charge in [0.1, 0.15) is 0 Å². The molecule has 2 aromatic rings. The van der Waals surface area contributed by atoms with Gasteiger partial charge in [0, 0.05) is 31.5 Å². The molecule has 0 saturated carbocycles. The lowest BCUT2D eigenvalue weighted by atomic mass is 9.88. The van der Waals surface area contributed by atoms with Crippen molar-refractivity contribution < 1.29 is 4.79 Å². The Morgan fingerprint density at radius 1 is 1.19 bits per heavy atom. The third-order valence-corrected chi connectivity index (χ3v) is 7.84. The van der Waals surface area contributed by atoms with Crippen molar-refractivity contribution in [3.63, 3.8) is 0 Å². The molecule has 37 heavy (non-hydrogen) atoms. The van der Waals surface area contributed by atoms with Crippen LogP contribution in [0.5, 0.6) is 0 Å². The predicted octanol–water partition coefficient (Wildman–Crippen LogP) is 5.05. The van der Waals surface area contributed by atoms with Crippen LogP contribution >= 0.6 is 23.2 Å². The molecule has 196 valence electrons. The molecular weight excluding hydrogens is 505 g/mol. The van der Waals surface area contributed by atoms with E-state index in [2.05, 4.69) is 40.3 Å². The molecule has 1 fully saturated rings. The van der Waals surface area contributed by atoms with Gasteiger partial charge < -0.3 is 16.4 Å². The van der Waals surface area contributed by atoms with Gasteiger partial charge in [0.25, 0.3) is 5.91 Å². The molecule has 0 bridgehead atoms. The molecule has 1 saturated heterocycles. The van der Waals surface area contributed by atoms with Gasteiger partial charge in [-0.15, -0.1) is 0 Å². The maximum absolute atomic E-state index is 12.8. The summed E-state index contributed by atoms with van der Waals surface area (Å²) < 4.78 is 0. The number of nitrogens with two attached hydrogens (primary N) is 1. The average Bonchev–Trinajstić information content (AvgIpc) is 2.95. The first-order valence-corrected chi connectivity index (χ1v) is 13.6. The molecule has 0 radical (unpaired) electrons. The van der Waals surface area contributed by atoms with Gasteiger partial charge in [0.2, 0.25) is 0 Å². The number of nitrogens with one attached hydrogen (secondary N) is 2. The number of pyridine rings is 1. The van der Waals surface area contributed by atoms with Crippen LogP contribution in [0.2, 0.25) is 0 Å². The van der Waals surface area contributed by atoms with Gasteiger partial charge in [0.05, 0.1) is 27.4 Å². The number of carbonyl (C=O) groups excluding carboxylic acids is 1. The number of benzene rings is 1. The SMILES string of the molecule is C=C/C(Cl)=C(C(=O)NCc1cccc(CN(C2CCNCC2)C2CCCc3cccnc32)c1)\C(Cl)=C/N. The van der Waals surface area contributed by atoms with Gasteiger partial charge in [-0.05, 0) is 74.0 Å². The van der Waals surface area contributed by atoms with Gasteiger partial charge in [0.15, 0.2) is 0 Å². The summed E-state index contributed by atoms with van der Waals surface area (Å²) in [6.07, 6.45) is 10.1. The second-order valence-electron chi connectivity index (χ2n) is 9.55. The Hall–Kier alpha value is -2.64. The van der Waals surface area contributed by atoms with Crippen molar-refractivity contribution in [2.24, 2.45) is 5.73 Å². The van der Waals surface area contributed by atoms with Gasteiger partial charge in [-0.25, -0.2) is 0 Å². The van der Waals surface area contributed by atoms with E-state index in [1.165, 1.54) is 29.3 Å². The van der Waals surface area contributed by atoms with E-state index in [0.29, 0.717) is 18.6 Å².